The third kappa shape index (κ3) is 3.65. The van der Waals surface area contributed by atoms with Crippen molar-refractivity contribution < 1.29 is 31.5 Å². The van der Waals surface area contributed by atoms with E-state index in [9.17, 15) is 26.7 Å². The number of ether oxygens (including phenoxy) is 1. The molecule has 0 aromatic heterocycles. The van der Waals surface area contributed by atoms with Crippen LogP contribution < -0.4 is 4.90 Å². The summed E-state index contributed by atoms with van der Waals surface area (Å²) >= 11 is 2.77. The van der Waals surface area contributed by atoms with Gasteiger partial charge in [-0.3, -0.25) is 4.90 Å². The predicted octanol–water partition coefficient (Wildman–Crippen LogP) is 5.35. The smallest absolute Gasteiger partial charge is 0.415 e. The molecule has 9 heteroatoms. The molecule has 0 spiro atoms. The van der Waals surface area contributed by atoms with E-state index in [1.54, 1.807) is 0 Å². The van der Waals surface area contributed by atoms with Gasteiger partial charge in [0.1, 0.15) is 11.6 Å². The van der Waals surface area contributed by atoms with E-state index in [1.165, 1.54) is 20.8 Å². The van der Waals surface area contributed by atoms with Crippen molar-refractivity contribution in [2.75, 3.05) is 4.90 Å². The summed E-state index contributed by atoms with van der Waals surface area (Å²) in [5.74, 6) is -2.56. The fraction of sp³-hybridized carbons (Fsp3) is 0.533. The zero-order valence-corrected chi connectivity index (χ0v) is 14.7. The van der Waals surface area contributed by atoms with Crippen LogP contribution in [0.2, 0.25) is 0 Å². The number of nitrogens with zero attached hydrogens (tertiary/aromatic N) is 1. The van der Waals surface area contributed by atoms with Gasteiger partial charge in [0.15, 0.2) is 11.6 Å². The number of fused-ring (bicyclic) bond motifs is 1. The lowest BCUT2D eigenvalue weighted by atomic mass is 9.95. The number of rotatable bonds is 0. The standard InChI is InChI=1S/C15H15BrF5NO2/c1-14(2,3)24-13(23)22-9(15(19,20)21)5-4-7-6-8(17)11(18)10(16)12(7)22/h6,9H,4-5H2,1-3H3. The van der Waals surface area contributed by atoms with Crippen LogP contribution in [0.15, 0.2) is 10.5 Å². The minimum absolute atomic E-state index is 0.104. The van der Waals surface area contributed by atoms with Crippen LogP contribution in [0.1, 0.15) is 32.8 Å². The molecule has 1 unspecified atom stereocenters. The Morgan fingerprint density at radius 3 is 2.38 bits per heavy atom. The Bertz CT molecular complexity index is 669. The van der Waals surface area contributed by atoms with E-state index in [2.05, 4.69) is 15.9 Å². The number of halogens is 6. The second-order valence-corrected chi connectivity index (χ2v) is 7.23. The molecule has 0 N–H and O–H groups in total. The van der Waals surface area contributed by atoms with Crippen LogP contribution in [-0.2, 0) is 11.2 Å². The normalized spacial score (nSPS) is 18.4. The van der Waals surface area contributed by atoms with Crippen molar-refractivity contribution >= 4 is 27.7 Å². The minimum Gasteiger partial charge on any atom is -0.443 e. The van der Waals surface area contributed by atoms with E-state index in [4.69, 9.17) is 4.74 Å². The van der Waals surface area contributed by atoms with Crippen LogP contribution in [0, 0.1) is 11.6 Å². The average Bonchev–Trinajstić information content (AvgIpc) is 2.40. The third-order valence-electron chi connectivity index (χ3n) is 3.42. The Labute approximate surface area is 143 Å². The molecule has 1 aliphatic heterocycles. The number of hydrogen-bond donors (Lipinski definition) is 0. The Balaban J connectivity index is 2.61. The van der Waals surface area contributed by atoms with E-state index in [-0.39, 0.29) is 17.7 Å². The molecular weight excluding hydrogens is 401 g/mol. The van der Waals surface area contributed by atoms with Crippen molar-refractivity contribution in [2.45, 2.75) is 51.4 Å². The highest BCUT2D eigenvalue weighted by atomic mass is 79.9. The van der Waals surface area contributed by atoms with E-state index in [0.29, 0.717) is 4.90 Å². The van der Waals surface area contributed by atoms with E-state index >= 15 is 0 Å². The summed E-state index contributed by atoms with van der Waals surface area (Å²) in [6.45, 7) is 4.50. The quantitative estimate of drug-likeness (QED) is 0.422. The first kappa shape index (κ1) is 19.0. The van der Waals surface area contributed by atoms with Gasteiger partial charge in [0.25, 0.3) is 0 Å². The predicted molar refractivity (Wildman–Crippen MR) is 80.9 cm³/mol. The number of aryl methyl sites for hydroxylation is 1. The van der Waals surface area contributed by atoms with Crippen LogP contribution in [0.25, 0.3) is 0 Å². The lowest BCUT2D eigenvalue weighted by Crippen LogP contribution is -2.53. The Morgan fingerprint density at radius 1 is 1.29 bits per heavy atom. The molecule has 0 bridgehead atoms. The van der Waals surface area contributed by atoms with Gasteiger partial charge in [-0.25, -0.2) is 13.6 Å². The fourth-order valence-corrected chi connectivity index (χ4v) is 3.14. The summed E-state index contributed by atoms with van der Waals surface area (Å²) in [7, 11) is 0. The van der Waals surface area contributed by atoms with Crippen molar-refractivity contribution in [3.05, 3.63) is 27.7 Å². The summed E-state index contributed by atoms with van der Waals surface area (Å²) in [6.07, 6.45) is -6.61. The first-order valence-electron chi connectivity index (χ1n) is 7.08. The number of alkyl halides is 3. The van der Waals surface area contributed by atoms with Crippen LogP contribution >= 0.6 is 15.9 Å². The molecule has 1 aromatic carbocycles. The summed E-state index contributed by atoms with van der Waals surface area (Å²) in [5.41, 5.74) is -1.29. The molecule has 0 saturated heterocycles. The van der Waals surface area contributed by atoms with Gasteiger partial charge >= 0.3 is 12.3 Å². The topological polar surface area (TPSA) is 29.5 Å². The molecule has 134 valence electrons. The zero-order valence-electron chi connectivity index (χ0n) is 13.1. The maximum atomic E-state index is 13.8. The van der Waals surface area contributed by atoms with Crippen molar-refractivity contribution in [1.29, 1.82) is 0 Å². The van der Waals surface area contributed by atoms with Crippen molar-refractivity contribution in [2.24, 2.45) is 0 Å². The van der Waals surface area contributed by atoms with Crippen molar-refractivity contribution in [1.82, 2.24) is 0 Å². The number of carbonyl (C=O) groups excluding carboxylic acids is 1. The minimum atomic E-state index is -4.74. The molecule has 0 radical (unpaired) electrons. The Morgan fingerprint density at radius 2 is 1.88 bits per heavy atom. The van der Waals surface area contributed by atoms with Crippen LogP contribution in [-0.4, -0.2) is 23.9 Å². The number of benzene rings is 1. The Kier molecular flexibility index (Phi) is 4.87. The van der Waals surface area contributed by atoms with E-state index < -0.39 is 46.4 Å². The number of hydrogen-bond acceptors (Lipinski definition) is 2. The average molecular weight is 416 g/mol. The number of amides is 1. The van der Waals surface area contributed by atoms with Gasteiger partial charge in [0.2, 0.25) is 0 Å². The molecule has 1 amide bonds. The van der Waals surface area contributed by atoms with Crippen LogP contribution in [0.4, 0.5) is 32.4 Å². The highest BCUT2D eigenvalue weighted by Gasteiger charge is 2.50. The molecule has 0 aliphatic carbocycles. The first-order valence-corrected chi connectivity index (χ1v) is 7.87. The molecule has 1 atom stereocenters. The molecule has 1 aromatic rings. The maximum absolute atomic E-state index is 13.8. The second-order valence-electron chi connectivity index (χ2n) is 6.44. The number of anilines is 1. The highest BCUT2D eigenvalue weighted by molar-refractivity contribution is 9.10. The van der Waals surface area contributed by atoms with Crippen molar-refractivity contribution in [3.63, 3.8) is 0 Å². The largest absolute Gasteiger partial charge is 0.443 e. The monoisotopic (exact) mass is 415 g/mol. The molecule has 3 nitrogen and oxygen atoms in total. The maximum Gasteiger partial charge on any atom is 0.415 e. The molecule has 2 rings (SSSR count). The zero-order chi connectivity index (χ0) is 18.4. The molecule has 0 saturated carbocycles. The van der Waals surface area contributed by atoms with Gasteiger partial charge in [-0.15, -0.1) is 0 Å². The summed E-state index contributed by atoms with van der Waals surface area (Å²) < 4.78 is 71.9. The van der Waals surface area contributed by atoms with Crippen molar-refractivity contribution in [3.8, 4) is 0 Å². The Hall–Kier alpha value is -1.38. The van der Waals surface area contributed by atoms with E-state index in [0.717, 1.165) is 6.07 Å². The van der Waals surface area contributed by atoms with Gasteiger partial charge in [-0.2, -0.15) is 13.2 Å². The third-order valence-corrected chi connectivity index (χ3v) is 4.15. The van der Waals surface area contributed by atoms with Crippen LogP contribution in [0.5, 0.6) is 0 Å². The fourth-order valence-electron chi connectivity index (χ4n) is 2.50. The summed E-state index contributed by atoms with van der Waals surface area (Å²) in [4.78, 5) is 12.7. The number of carbonyl (C=O) groups is 1. The lowest BCUT2D eigenvalue weighted by molar-refractivity contribution is -0.150. The molecular formula is C15H15BrF5NO2. The van der Waals surface area contributed by atoms with Gasteiger partial charge in [-0.05, 0) is 61.2 Å². The second kappa shape index (κ2) is 6.16. The molecule has 24 heavy (non-hydrogen) atoms. The van der Waals surface area contributed by atoms with Gasteiger partial charge < -0.3 is 4.74 Å². The summed E-state index contributed by atoms with van der Waals surface area (Å²) in [6, 6.07) is -1.37. The SMILES string of the molecule is CC(C)(C)OC(=O)N1c2c(cc(F)c(F)c2Br)CCC1C(F)(F)F. The molecule has 1 heterocycles. The molecule has 1 aliphatic rings. The van der Waals surface area contributed by atoms with Gasteiger partial charge in [-0.1, -0.05) is 0 Å². The lowest BCUT2D eigenvalue weighted by Gasteiger charge is -2.39. The summed E-state index contributed by atoms with van der Waals surface area (Å²) in [5, 5.41) is 0. The highest BCUT2D eigenvalue weighted by Crippen LogP contribution is 2.44. The van der Waals surface area contributed by atoms with E-state index in [1.807, 2.05) is 0 Å². The van der Waals surface area contributed by atoms with Gasteiger partial charge in [0, 0.05) is 0 Å². The molecule has 0 fully saturated rings. The first-order chi connectivity index (χ1) is 10.8. The van der Waals surface area contributed by atoms with Crippen LogP contribution in [0.3, 0.4) is 0 Å². The van der Waals surface area contributed by atoms with Gasteiger partial charge in [0.05, 0.1) is 10.2 Å².